The van der Waals surface area contributed by atoms with Crippen molar-refractivity contribution in [3.05, 3.63) is 35.4 Å². The Kier molecular flexibility index (Phi) is 5.22. The van der Waals surface area contributed by atoms with Crippen molar-refractivity contribution in [2.24, 2.45) is 5.92 Å². The first-order valence-electron chi connectivity index (χ1n) is 7.53. The van der Waals surface area contributed by atoms with Crippen LogP contribution >= 0.6 is 0 Å². The van der Waals surface area contributed by atoms with E-state index in [9.17, 15) is 8.42 Å². The number of fused-ring (bicyclic) bond motifs is 1. The first kappa shape index (κ1) is 15.5. The summed E-state index contributed by atoms with van der Waals surface area (Å²) in [5.41, 5.74) is 2.75. The van der Waals surface area contributed by atoms with Crippen molar-refractivity contribution in [2.45, 2.75) is 38.6 Å². The molecule has 1 N–H and O–H groups in total. The third-order valence-corrected chi connectivity index (χ3v) is 6.16. The molecule has 0 aromatic heterocycles. The molecule has 0 aliphatic heterocycles. The van der Waals surface area contributed by atoms with Crippen LogP contribution < -0.4 is 5.32 Å². The molecule has 1 aromatic rings. The molecule has 1 aliphatic rings. The molecular weight excluding hydrogens is 270 g/mol. The summed E-state index contributed by atoms with van der Waals surface area (Å²) in [6, 6.07) is 8.79. The molecule has 0 heterocycles. The van der Waals surface area contributed by atoms with Crippen molar-refractivity contribution >= 4 is 9.84 Å². The van der Waals surface area contributed by atoms with Gasteiger partial charge in [0.2, 0.25) is 0 Å². The fourth-order valence-corrected chi connectivity index (χ4v) is 4.76. The number of aryl methyl sites for hydroxylation is 1. The van der Waals surface area contributed by atoms with E-state index in [0.29, 0.717) is 23.8 Å². The fraction of sp³-hybridized carbons (Fsp3) is 0.625. The Labute approximate surface area is 122 Å². The predicted octanol–water partition coefficient (Wildman–Crippen LogP) is 2.72. The maximum Gasteiger partial charge on any atom is 0.150 e. The summed E-state index contributed by atoms with van der Waals surface area (Å²) < 4.78 is 23.8. The molecule has 0 bridgehead atoms. The van der Waals surface area contributed by atoms with Crippen LogP contribution in [0.2, 0.25) is 0 Å². The molecule has 0 spiro atoms. The molecule has 0 saturated heterocycles. The Morgan fingerprint density at radius 2 is 2.00 bits per heavy atom. The maximum absolute atomic E-state index is 11.9. The second-order valence-electron chi connectivity index (χ2n) is 5.70. The highest BCUT2D eigenvalue weighted by Crippen LogP contribution is 2.36. The third kappa shape index (κ3) is 3.61. The Balaban J connectivity index is 2.07. The molecule has 112 valence electrons. The lowest BCUT2D eigenvalue weighted by Crippen LogP contribution is -2.31. The van der Waals surface area contributed by atoms with Gasteiger partial charge in [-0.1, -0.05) is 31.2 Å². The summed E-state index contributed by atoms with van der Waals surface area (Å²) in [7, 11) is -0.895. The first-order chi connectivity index (χ1) is 9.57. The molecule has 3 nitrogen and oxygen atoms in total. The van der Waals surface area contributed by atoms with Gasteiger partial charge < -0.3 is 5.32 Å². The lowest BCUT2D eigenvalue weighted by atomic mass is 9.78. The van der Waals surface area contributed by atoms with Crippen LogP contribution in [0.5, 0.6) is 0 Å². The molecule has 2 rings (SSSR count). The summed E-state index contributed by atoms with van der Waals surface area (Å²) in [4.78, 5) is 0. The smallest absolute Gasteiger partial charge is 0.150 e. The molecule has 0 radical (unpaired) electrons. The van der Waals surface area contributed by atoms with Gasteiger partial charge in [0.25, 0.3) is 0 Å². The van der Waals surface area contributed by atoms with Crippen LogP contribution in [-0.2, 0) is 16.3 Å². The van der Waals surface area contributed by atoms with Gasteiger partial charge in [-0.05, 0) is 49.8 Å². The number of sulfone groups is 1. The van der Waals surface area contributed by atoms with E-state index in [1.54, 1.807) is 0 Å². The van der Waals surface area contributed by atoms with Crippen molar-refractivity contribution in [1.29, 1.82) is 0 Å². The zero-order valence-electron chi connectivity index (χ0n) is 12.4. The molecule has 20 heavy (non-hydrogen) atoms. The average Bonchev–Trinajstić information content (AvgIpc) is 2.44. The number of hydrogen-bond donors (Lipinski definition) is 1. The topological polar surface area (TPSA) is 46.2 Å². The molecule has 0 saturated carbocycles. The van der Waals surface area contributed by atoms with Crippen LogP contribution in [-0.4, -0.2) is 27.0 Å². The summed E-state index contributed by atoms with van der Waals surface area (Å²) >= 11 is 0. The van der Waals surface area contributed by atoms with Crippen LogP contribution in [0.4, 0.5) is 0 Å². The van der Waals surface area contributed by atoms with Crippen molar-refractivity contribution in [1.82, 2.24) is 5.32 Å². The van der Waals surface area contributed by atoms with Crippen LogP contribution in [0.3, 0.4) is 0 Å². The third-order valence-electron chi connectivity index (χ3n) is 4.27. The molecule has 2 unspecified atom stereocenters. The monoisotopic (exact) mass is 295 g/mol. The van der Waals surface area contributed by atoms with E-state index >= 15 is 0 Å². The minimum atomic E-state index is -2.87. The zero-order valence-corrected chi connectivity index (χ0v) is 13.2. The van der Waals surface area contributed by atoms with Gasteiger partial charge in [-0.25, -0.2) is 8.42 Å². The van der Waals surface area contributed by atoms with Crippen molar-refractivity contribution in [2.75, 3.05) is 18.6 Å². The number of nitrogens with one attached hydrogen (secondary N) is 1. The van der Waals surface area contributed by atoms with Crippen LogP contribution in [0.1, 0.15) is 43.4 Å². The highest BCUT2D eigenvalue weighted by Gasteiger charge is 2.28. The Morgan fingerprint density at radius 3 is 2.70 bits per heavy atom. The zero-order chi connectivity index (χ0) is 14.6. The molecule has 0 amide bonds. The maximum atomic E-state index is 11.9. The van der Waals surface area contributed by atoms with E-state index in [1.807, 2.05) is 14.0 Å². The number of hydrogen-bond acceptors (Lipinski definition) is 3. The van der Waals surface area contributed by atoms with Gasteiger partial charge in [0.05, 0.1) is 5.75 Å². The van der Waals surface area contributed by atoms with Gasteiger partial charge in [-0.15, -0.1) is 0 Å². The number of rotatable bonds is 6. The predicted molar refractivity (Wildman–Crippen MR) is 83.6 cm³/mol. The summed E-state index contributed by atoms with van der Waals surface area (Å²) in [5, 5.41) is 3.38. The average molecular weight is 295 g/mol. The summed E-state index contributed by atoms with van der Waals surface area (Å²) in [5.74, 6) is 1.06. The number of benzene rings is 1. The van der Waals surface area contributed by atoms with E-state index in [-0.39, 0.29) is 6.04 Å². The van der Waals surface area contributed by atoms with Gasteiger partial charge in [-0.2, -0.15) is 0 Å². The van der Waals surface area contributed by atoms with Crippen molar-refractivity contribution in [3.8, 4) is 0 Å². The van der Waals surface area contributed by atoms with Gasteiger partial charge in [-0.3, -0.25) is 0 Å². The largest absolute Gasteiger partial charge is 0.313 e. The Hall–Kier alpha value is -0.870. The van der Waals surface area contributed by atoms with E-state index in [4.69, 9.17) is 0 Å². The highest BCUT2D eigenvalue weighted by molar-refractivity contribution is 7.91. The molecule has 1 aliphatic carbocycles. The summed E-state index contributed by atoms with van der Waals surface area (Å²) in [6.07, 6.45) is 3.62. The minimum absolute atomic E-state index is 0.289. The normalized spacial score (nSPS) is 22.5. The van der Waals surface area contributed by atoms with Crippen LogP contribution in [0, 0.1) is 5.92 Å². The summed E-state index contributed by atoms with van der Waals surface area (Å²) in [6.45, 7) is 1.92. The SMILES string of the molecule is CCCS(=O)(=O)CCC1CCc2ccccc2C1NC. The quantitative estimate of drug-likeness (QED) is 0.878. The van der Waals surface area contributed by atoms with Gasteiger partial charge in [0.15, 0.2) is 0 Å². The van der Waals surface area contributed by atoms with Gasteiger partial charge >= 0.3 is 0 Å². The Bertz CT molecular complexity index is 539. The Morgan fingerprint density at radius 1 is 1.25 bits per heavy atom. The van der Waals surface area contributed by atoms with Crippen LogP contribution in [0.15, 0.2) is 24.3 Å². The van der Waals surface area contributed by atoms with E-state index < -0.39 is 9.84 Å². The minimum Gasteiger partial charge on any atom is -0.313 e. The second-order valence-corrected chi connectivity index (χ2v) is 8.01. The van der Waals surface area contributed by atoms with Crippen molar-refractivity contribution in [3.63, 3.8) is 0 Å². The molecule has 4 heteroatoms. The van der Waals surface area contributed by atoms with Gasteiger partial charge in [0.1, 0.15) is 9.84 Å². The molecule has 2 atom stereocenters. The molecule has 0 fully saturated rings. The lowest BCUT2D eigenvalue weighted by molar-refractivity contribution is 0.328. The van der Waals surface area contributed by atoms with Crippen molar-refractivity contribution < 1.29 is 8.42 Å². The highest BCUT2D eigenvalue weighted by atomic mass is 32.2. The lowest BCUT2D eigenvalue weighted by Gasteiger charge is -2.33. The van der Waals surface area contributed by atoms with Crippen LogP contribution in [0.25, 0.3) is 0 Å². The van der Waals surface area contributed by atoms with E-state index in [1.165, 1.54) is 11.1 Å². The molecular formula is C16H25NO2S. The molecule has 1 aromatic carbocycles. The van der Waals surface area contributed by atoms with Gasteiger partial charge in [0, 0.05) is 11.8 Å². The fourth-order valence-electron chi connectivity index (χ4n) is 3.27. The van der Waals surface area contributed by atoms with E-state index in [2.05, 4.69) is 29.6 Å². The second kappa shape index (κ2) is 6.72. The first-order valence-corrected chi connectivity index (χ1v) is 9.35. The van der Waals surface area contributed by atoms with E-state index in [0.717, 1.165) is 19.3 Å². The standard InChI is InChI=1S/C16H25NO2S/c1-3-11-20(18,19)12-10-14-9-8-13-6-4-5-7-15(13)16(14)17-2/h4-7,14,16-17H,3,8-12H2,1-2H3.